The maximum atomic E-state index is 11.2. The Kier molecular flexibility index (Phi) is 15.3. The molecule has 0 saturated heterocycles. The van der Waals surface area contributed by atoms with Gasteiger partial charge in [0.2, 0.25) is 0 Å². The minimum absolute atomic E-state index is 0.0431. The summed E-state index contributed by atoms with van der Waals surface area (Å²) in [6, 6.07) is 0. The van der Waals surface area contributed by atoms with Crippen LogP contribution in [0.3, 0.4) is 0 Å². The zero-order chi connectivity index (χ0) is 19.2. The molecule has 0 amide bonds. The molecule has 0 aliphatic carbocycles. The standard InChI is InChI=1S/C9H18O2S.C6H16NO4P/c1-4-6-11-9(10)8(3)7-12-5-2;1-7(2,3)5-6-11-12(8,9)10-4/h8H,4-7H2,1-3H3;5-6H2,1-4H3. The molecule has 7 nitrogen and oxygen atoms in total. The second-order valence-electron chi connectivity index (χ2n) is 6.20. The molecule has 0 N–H and O–H groups in total. The Hall–Kier alpha value is -0.110. The number of rotatable bonds is 11. The van der Waals surface area contributed by atoms with Crippen molar-refractivity contribution < 1.29 is 32.5 Å². The minimum atomic E-state index is -4.02. The van der Waals surface area contributed by atoms with Gasteiger partial charge in [0.05, 0.1) is 33.7 Å². The van der Waals surface area contributed by atoms with Gasteiger partial charge in [-0.1, -0.05) is 20.8 Å². The highest BCUT2D eigenvalue weighted by Crippen LogP contribution is 2.36. The van der Waals surface area contributed by atoms with Crippen molar-refractivity contribution in [3.05, 3.63) is 0 Å². The number of esters is 1. The predicted octanol–water partition coefficient (Wildman–Crippen LogP) is 2.15. The summed E-state index contributed by atoms with van der Waals surface area (Å²) in [4.78, 5) is 21.8. The lowest BCUT2D eigenvalue weighted by Crippen LogP contribution is -2.37. The number of carbonyl (C=O) groups is 1. The average molecular weight is 387 g/mol. The van der Waals surface area contributed by atoms with Gasteiger partial charge in [-0.3, -0.25) is 9.36 Å². The summed E-state index contributed by atoms with van der Waals surface area (Å²) in [5, 5.41) is 0. The van der Waals surface area contributed by atoms with E-state index >= 15 is 0 Å². The summed E-state index contributed by atoms with van der Waals surface area (Å²) in [6.07, 6.45) is 0.902. The van der Waals surface area contributed by atoms with Crippen molar-refractivity contribution in [3.63, 3.8) is 0 Å². The smallest absolute Gasteiger partial charge is 0.309 e. The maximum Gasteiger partial charge on any atom is 0.309 e. The largest absolute Gasteiger partial charge is 0.756 e. The van der Waals surface area contributed by atoms with Crippen LogP contribution in [0, 0.1) is 5.92 Å². The predicted molar refractivity (Wildman–Crippen MR) is 96.9 cm³/mol. The lowest BCUT2D eigenvalue weighted by atomic mass is 10.2. The summed E-state index contributed by atoms with van der Waals surface area (Å²) >= 11 is 1.78. The van der Waals surface area contributed by atoms with Crippen molar-refractivity contribution in [1.82, 2.24) is 0 Å². The highest BCUT2D eigenvalue weighted by Gasteiger charge is 2.13. The van der Waals surface area contributed by atoms with E-state index in [4.69, 9.17) is 4.74 Å². The highest BCUT2D eigenvalue weighted by molar-refractivity contribution is 7.99. The van der Waals surface area contributed by atoms with Crippen molar-refractivity contribution in [3.8, 4) is 0 Å². The molecule has 0 heterocycles. The molecule has 0 radical (unpaired) electrons. The van der Waals surface area contributed by atoms with E-state index in [9.17, 15) is 14.3 Å². The van der Waals surface area contributed by atoms with Crippen molar-refractivity contribution in [2.24, 2.45) is 5.92 Å². The molecule has 2 unspecified atom stereocenters. The van der Waals surface area contributed by atoms with E-state index in [0.717, 1.165) is 25.0 Å². The highest BCUT2D eigenvalue weighted by atomic mass is 32.2. The van der Waals surface area contributed by atoms with Crippen LogP contribution in [0.15, 0.2) is 0 Å². The van der Waals surface area contributed by atoms with E-state index in [-0.39, 0.29) is 18.5 Å². The second-order valence-corrected chi connectivity index (χ2v) is 9.04. The van der Waals surface area contributed by atoms with Crippen molar-refractivity contribution in [2.45, 2.75) is 27.2 Å². The van der Waals surface area contributed by atoms with E-state index in [1.54, 1.807) is 11.8 Å². The molecule has 0 fully saturated rings. The molecule has 146 valence electrons. The van der Waals surface area contributed by atoms with Gasteiger partial charge >= 0.3 is 5.97 Å². The Balaban J connectivity index is 0. The van der Waals surface area contributed by atoms with Gasteiger partial charge in [0.15, 0.2) is 0 Å². The Labute approximate surface area is 151 Å². The number of thioether (sulfide) groups is 1. The Bertz CT molecular complexity index is 375. The molecule has 0 aliphatic rings. The summed E-state index contributed by atoms with van der Waals surface area (Å²) < 4.78 is 25.0. The van der Waals surface area contributed by atoms with Crippen molar-refractivity contribution >= 4 is 25.6 Å². The second kappa shape index (κ2) is 14.1. The molecule has 0 spiro atoms. The molecule has 0 aromatic heterocycles. The van der Waals surface area contributed by atoms with Gasteiger partial charge in [-0.25, -0.2) is 0 Å². The maximum absolute atomic E-state index is 11.2. The van der Waals surface area contributed by atoms with Crippen LogP contribution in [0.1, 0.15) is 27.2 Å². The Morgan fingerprint density at radius 3 is 2.25 bits per heavy atom. The van der Waals surface area contributed by atoms with Crippen LogP contribution in [0.5, 0.6) is 0 Å². The van der Waals surface area contributed by atoms with Crippen LogP contribution in [0.4, 0.5) is 0 Å². The van der Waals surface area contributed by atoms with Gasteiger partial charge in [-0.2, -0.15) is 11.8 Å². The van der Waals surface area contributed by atoms with E-state index < -0.39 is 7.82 Å². The number of carbonyl (C=O) groups excluding carboxylic acids is 1. The zero-order valence-corrected chi connectivity index (χ0v) is 17.8. The van der Waals surface area contributed by atoms with Crippen LogP contribution in [-0.2, 0) is 23.1 Å². The van der Waals surface area contributed by atoms with Gasteiger partial charge in [0, 0.05) is 12.9 Å². The molecular weight excluding hydrogens is 353 g/mol. The van der Waals surface area contributed by atoms with Crippen molar-refractivity contribution in [1.29, 1.82) is 0 Å². The first-order valence-corrected chi connectivity index (χ1v) is 10.7. The first-order valence-electron chi connectivity index (χ1n) is 8.05. The Morgan fingerprint density at radius 1 is 1.25 bits per heavy atom. The SMILES string of the molecule is CCCOC(=O)C(C)CSCC.COP(=O)([O-])OCC[N+](C)(C)C. The normalized spacial score (nSPS) is 15.0. The molecule has 0 bridgehead atoms. The molecular formula is C15H34NO6PS. The van der Waals surface area contributed by atoms with Crippen LogP contribution in [-0.4, -0.2) is 70.0 Å². The number of quaternary nitrogens is 1. The monoisotopic (exact) mass is 387 g/mol. The van der Waals surface area contributed by atoms with Crippen molar-refractivity contribution in [2.75, 3.05) is 59.5 Å². The van der Waals surface area contributed by atoms with Crippen LogP contribution in [0.2, 0.25) is 0 Å². The molecule has 0 rings (SSSR count). The number of nitrogens with zero attached hydrogens (tertiary/aromatic N) is 1. The number of ether oxygens (including phenoxy) is 1. The number of hydrogen-bond donors (Lipinski definition) is 0. The fraction of sp³-hybridized carbons (Fsp3) is 0.933. The number of phosphoric acid groups is 1. The lowest BCUT2D eigenvalue weighted by molar-refractivity contribution is -0.870. The molecule has 0 aromatic carbocycles. The fourth-order valence-corrected chi connectivity index (χ4v) is 2.32. The van der Waals surface area contributed by atoms with E-state index in [1.807, 2.05) is 35.0 Å². The van der Waals surface area contributed by atoms with Gasteiger partial charge in [0.25, 0.3) is 7.82 Å². The fourth-order valence-electron chi connectivity index (χ4n) is 1.19. The first kappa shape index (κ1) is 26.1. The summed E-state index contributed by atoms with van der Waals surface area (Å²) in [5.41, 5.74) is 0. The van der Waals surface area contributed by atoms with Crippen LogP contribution < -0.4 is 4.89 Å². The van der Waals surface area contributed by atoms with E-state index in [0.29, 0.717) is 17.6 Å². The molecule has 24 heavy (non-hydrogen) atoms. The third-order valence-electron chi connectivity index (χ3n) is 2.66. The Morgan fingerprint density at radius 2 is 1.83 bits per heavy atom. The average Bonchev–Trinajstić information content (AvgIpc) is 2.49. The summed E-state index contributed by atoms with van der Waals surface area (Å²) in [7, 11) is 2.91. The number of phosphoric ester groups is 1. The van der Waals surface area contributed by atoms with E-state index in [2.05, 4.69) is 16.0 Å². The third-order valence-corrected chi connectivity index (χ3v) is 4.75. The molecule has 0 saturated carbocycles. The first-order chi connectivity index (χ1) is 11.0. The van der Waals surface area contributed by atoms with E-state index in [1.165, 1.54) is 0 Å². The van der Waals surface area contributed by atoms with Crippen LogP contribution in [0.25, 0.3) is 0 Å². The van der Waals surface area contributed by atoms with Gasteiger partial charge < -0.3 is 23.2 Å². The number of likely N-dealkylation sites (N-methyl/N-ethyl adjacent to an activating group) is 1. The minimum Gasteiger partial charge on any atom is -0.756 e. The van der Waals surface area contributed by atoms with Gasteiger partial charge in [-0.05, 0) is 12.2 Å². The van der Waals surface area contributed by atoms with Gasteiger partial charge in [0.1, 0.15) is 13.2 Å². The molecule has 2 atom stereocenters. The molecule has 0 aromatic rings. The van der Waals surface area contributed by atoms with Gasteiger partial charge in [-0.15, -0.1) is 0 Å². The quantitative estimate of drug-likeness (QED) is 0.305. The third kappa shape index (κ3) is 18.2. The van der Waals surface area contributed by atoms with Crippen LogP contribution >= 0.6 is 19.6 Å². The topological polar surface area (TPSA) is 84.9 Å². The molecule has 9 heteroatoms. The zero-order valence-electron chi connectivity index (χ0n) is 16.1. The molecule has 0 aliphatic heterocycles. The number of hydrogen-bond acceptors (Lipinski definition) is 7. The summed E-state index contributed by atoms with van der Waals surface area (Å²) in [6.45, 7) is 7.34. The lowest BCUT2D eigenvalue weighted by Gasteiger charge is -2.26. The summed E-state index contributed by atoms with van der Waals surface area (Å²) in [5.74, 6) is 1.92.